The van der Waals surface area contributed by atoms with Crippen LogP contribution >= 0.6 is 0 Å². The molecule has 1 aromatic carbocycles. The Morgan fingerprint density at radius 3 is 2.95 bits per heavy atom. The van der Waals surface area contributed by atoms with Gasteiger partial charge >= 0.3 is 0 Å². The van der Waals surface area contributed by atoms with Crippen LogP contribution in [0.3, 0.4) is 0 Å². The van der Waals surface area contributed by atoms with Crippen molar-refractivity contribution in [1.29, 1.82) is 0 Å². The van der Waals surface area contributed by atoms with E-state index in [4.69, 9.17) is 0 Å². The van der Waals surface area contributed by atoms with E-state index in [9.17, 15) is 9.90 Å². The average molecular weight is 261 g/mol. The second-order valence-corrected chi connectivity index (χ2v) is 5.80. The van der Waals surface area contributed by atoms with E-state index >= 15 is 0 Å². The summed E-state index contributed by atoms with van der Waals surface area (Å²) < 4.78 is 0. The molecule has 3 heteroatoms. The molecule has 1 aliphatic carbocycles. The third-order valence-electron chi connectivity index (χ3n) is 4.15. The lowest BCUT2D eigenvalue weighted by molar-refractivity contribution is 0.0939. The summed E-state index contributed by atoms with van der Waals surface area (Å²) in [6, 6.07) is 5.07. The van der Waals surface area contributed by atoms with Crippen molar-refractivity contribution in [3.8, 4) is 5.75 Å². The second kappa shape index (κ2) is 6.09. The van der Waals surface area contributed by atoms with E-state index in [1.165, 1.54) is 25.7 Å². The molecule has 0 aliphatic heterocycles. The number of carbonyl (C=O) groups is 1. The van der Waals surface area contributed by atoms with Gasteiger partial charge in [0.2, 0.25) is 0 Å². The normalized spacial score (nSPS) is 23.1. The molecule has 2 N–H and O–H groups in total. The maximum absolute atomic E-state index is 12.1. The van der Waals surface area contributed by atoms with Crippen LogP contribution in [-0.2, 0) is 0 Å². The van der Waals surface area contributed by atoms with Crippen molar-refractivity contribution >= 4 is 5.91 Å². The summed E-state index contributed by atoms with van der Waals surface area (Å²) in [4.78, 5) is 12.1. The van der Waals surface area contributed by atoms with Crippen LogP contribution in [0.25, 0.3) is 0 Å². The molecule has 0 spiro atoms. The zero-order chi connectivity index (χ0) is 13.8. The Labute approximate surface area is 115 Å². The molecule has 1 aromatic rings. The summed E-state index contributed by atoms with van der Waals surface area (Å²) >= 11 is 0. The molecule has 2 rings (SSSR count). The van der Waals surface area contributed by atoms with Crippen LogP contribution in [0.4, 0.5) is 0 Å². The molecule has 0 heterocycles. The number of hydrogen-bond donors (Lipinski definition) is 2. The van der Waals surface area contributed by atoms with Gasteiger partial charge in [-0.25, -0.2) is 0 Å². The molecule has 0 bridgehead atoms. The highest BCUT2D eigenvalue weighted by atomic mass is 16.3. The van der Waals surface area contributed by atoms with Crippen molar-refractivity contribution in [1.82, 2.24) is 5.32 Å². The van der Waals surface area contributed by atoms with Crippen molar-refractivity contribution in [3.63, 3.8) is 0 Å². The molecule has 1 amide bonds. The fraction of sp³-hybridized carbons (Fsp3) is 0.562. The summed E-state index contributed by atoms with van der Waals surface area (Å²) in [6.45, 7) is 4.80. The summed E-state index contributed by atoms with van der Waals surface area (Å²) in [6.07, 6.45) is 5.01. The maximum Gasteiger partial charge on any atom is 0.251 e. The van der Waals surface area contributed by atoms with Crippen molar-refractivity contribution < 1.29 is 9.90 Å². The van der Waals surface area contributed by atoms with Crippen molar-refractivity contribution in [2.45, 2.75) is 39.5 Å². The van der Waals surface area contributed by atoms with Crippen LogP contribution in [-0.4, -0.2) is 17.6 Å². The van der Waals surface area contributed by atoms with Crippen LogP contribution in [0.5, 0.6) is 5.75 Å². The highest BCUT2D eigenvalue weighted by Crippen LogP contribution is 2.28. The van der Waals surface area contributed by atoms with Gasteiger partial charge in [0.25, 0.3) is 5.91 Å². The first-order chi connectivity index (χ1) is 9.08. The SMILES string of the molecule is Cc1c(O)cccc1C(=O)NCC1CCCC(C)C1. The van der Waals surface area contributed by atoms with Gasteiger partial charge in [-0.15, -0.1) is 0 Å². The minimum atomic E-state index is -0.0772. The molecule has 1 saturated carbocycles. The van der Waals surface area contributed by atoms with E-state index in [0.717, 1.165) is 12.5 Å². The van der Waals surface area contributed by atoms with Crippen molar-refractivity contribution in [2.24, 2.45) is 11.8 Å². The molecule has 104 valence electrons. The Bertz CT molecular complexity index is 456. The predicted molar refractivity (Wildman–Crippen MR) is 76.3 cm³/mol. The second-order valence-electron chi connectivity index (χ2n) is 5.80. The number of carbonyl (C=O) groups excluding carboxylic acids is 1. The Hall–Kier alpha value is -1.51. The smallest absolute Gasteiger partial charge is 0.251 e. The largest absolute Gasteiger partial charge is 0.508 e. The van der Waals surface area contributed by atoms with Gasteiger partial charge in [-0.3, -0.25) is 4.79 Å². The Morgan fingerprint density at radius 2 is 2.21 bits per heavy atom. The third-order valence-corrected chi connectivity index (χ3v) is 4.15. The summed E-state index contributed by atoms with van der Waals surface area (Å²) in [5, 5.41) is 12.6. The molecule has 0 saturated heterocycles. The quantitative estimate of drug-likeness (QED) is 0.877. The van der Waals surface area contributed by atoms with Gasteiger partial charge in [-0.1, -0.05) is 25.8 Å². The molecular weight excluding hydrogens is 238 g/mol. The predicted octanol–water partition coefficient (Wildman–Crippen LogP) is 3.26. The highest BCUT2D eigenvalue weighted by Gasteiger charge is 2.20. The van der Waals surface area contributed by atoms with E-state index in [1.54, 1.807) is 25.1 Å². The number of aromatic hydroxyl groups is 1. The van der Waals surface area contributed by atoms with E-state index in [-0.39, 0.29) is 11.7 Å². The molecule has 2 atom stereocenters. The number of rotatable bonds is 3. The molecule has 1 aliphatic rings. The van der Waals surface area contributed by atoms with Crippen LogP contribution in [0, 0.1) is 18.8 Å². The Morgan fingerprint density at radius 1 is 1.42 bits per heavy atom. The van der Waals surface area contributed by atoms with E-state index in [2.05, 4.69) is 12.2 Å². The Kier molecular flexibility index (Phi) is 4.46. The molecule has 0 radical (unpaired) electrons. The van der Waals surface area contributed by atoms with E-state index in [1.807, 2.05) is 0 Å². The number of phenolic OH excluding ortho intramolecular Hbond substituents is 1. The Balaban J connectivity index is 1.92. The molecule has 0 aromatic heterocycles. The lowest BCUT2D eigenvalue weighted by Gasteiger charge is -2.26. The standard InChI is InChI=1S/C16H23NO2/c1-11-5-3-6-13(9-11)10-17-16(19)14-7-4-8-15(18)12(14)2/h4,7-8,11,13,18H,3,5-6,9-10H2,1-2H3,(H,17,19). The minimum absolute atomic E-state index is 0.0772. The highest BCUT2D eigenvalue weighted by molar-refractivity contribution is 5.96. The van der Waals surface area contributed by atoms with Crippen LogP contribution < -0.4 is 5.32 Å². The fourth-order valence-electron chi connectivity index (χ4n) is 2.95. The van der Waals surface area contributed by atoms with Crippen LogP contribution in [0.1, 0.15) is 48.5 Å². The number of phenols is 1. The summed E-state index contributed by atoms with van der Waals surface area (Å²) in [7, 11) is 0. The van der Waals surface area contributed by atoms with Gasteiger partial charge < -0.3 is 10.4 Å². The number of hydrogen-bond acceptors (Lipinski definition) is 2. The third kappa shape index (κ3) is 3.49. The maximum atomic E-state index is 12.1. The zero-order valence-electron chi connectivity index (χ0n) is 11.8. The molecular formula is C16H23NO2. The fourth-order valence-corrected chi connectivity index (χ4v) is 2.95. The van der Waals surface area contributed by atoms with Crippen LogP contribution in [0.15, 0.2) is 18.2 Å². The first kappa shape index (κ1) is 13.9. The van der Waals surface area contributed by atoms with Gasteiger partial charge in [-0.2, -0.15) is 0 Å². The minimum Gasteiger partial charge on any atom is -0.508 e. The molecule has 3 nitrogen and oxygen atoms in total. The van der Waals surface area contributed by atoms with Gasteiger partial charge in [0.05, 0.1) is 0 Å². The van der Waals surface area contributed by atoms with Crippen molar-refractivity contribution in [3.05, 3.63) is 29.3 Å². The molecule has 1 fully saturated rings. The van der Waals surface area contributed by atoms with Gasteiger partial charge in [0, 0.05) is 17.7 Å². The number of nitrogens with one attached hydrogen (secondary N) is 1. The monoisotopic (exact) mass is 261 g/mol. The van der Waals surface area contributed by atoms with E-state index in [0.29, 0.717) is 17.0 Å². The molecule has 19 heavy (non-hydrogen) atoms. The van der Waals surface area contributed by atoms with E-state index < -0.39 is 0 Å². The lowest BCUT2D eigenvalue weighted by Crippen LogP contribution is -2.31. The lowest BCUT2D eigenvalue weighted by atomic mass is 9.82. The molecule has 2 unspecified atom stereocenters. The summed E-state index contributed by atoms with van der Waals surface area (Å²) in [5.74, 6) is 1.48. The summed E-state index contributed by atoms with van der Waals surface area (Å²) in [5.41, 5.74) is 1.22. The van der Waals surface area contributed by atoms with Gasteiger partial charge in [0.15, 0.2) is 0 Å². The number of benzene rings is 1. The van der Waals surface area contributed by atoms with Crippen LogP contribution in [0.2, 0.25) is 0 Å². The first-order valence-electron chi connectivity index (χ1n) is 7.14. The number of amides is 1. The first-order valence-corrected chi connectivity index (χ1v) is 7.14. The van der Waals surface area contributed by atoms with Gasteiger partial charge in [-0.05, 0) is 43.7 Å². The van der Waals surface area contributed by atoms with Gasteiger partial charge in [0.1, 0.15) is 5.75 Å². The van der Waals surface area contributed by atoms with Crippen molar-refractivity contribution in [2.75, 3.05) is 6.54 Å². The zero-order valence-corrected chi connectivity index (χ0v) is 11.8. The average Bonchev–Trinajstić information content (AvgIpc) is 2.39. The topological polar surface area (TPSA) is 49.3 Å².